The molecule has 36 heavy (non-hydrogen) atoms. The Morgan fingerprint density at radius 3 is 2.33 bits per heavy atom. The Kier molecular flexibility index (Phi) is 19.1. The van der Waals surface area contributed by atoms with E-state index in [0.29, 0.717) is 17.2 Å². The molecule has 1 aliphatic rings. The van der Waals surface area contributed by atoms with Crippen LogP contribution in [-0.2, 0) is 6.42 Å². The second kappa shape index (κ2) is 18.8. The zero-order chi connectivity index (χ0) is 26.6. The number of benzene rings is 1. The standard InChI is InChI=1S/C26H46N6S.C2H6.Rb/c1-9-32-17-16-31(8)26(4,5)20-29(6)14-15-30(7)24(19-32)18-22-10-12-23(13-11-22)28-25(33)27-21(2)3;1-2;/h10-13,16,21,24H,8-9,14-15,17-20H2,1-7H3,(H2,27,28,33);1-2H3;/q-2;;+1. The molecule has 1 aromatic rings. The van der Waals surface area contributed by atoms with Gasteiger partial charge in [-0.25, -0.2) is 0 Å². The zero-order valence-corrected chi connectivity index (χ0v) is 30.6. The topological polar surface area (TPSA) is 37.0 Å². The molecule has 1 aromatic carbocycles. The molecule has 1 atom stereocenters. The molecule has 0 radical (unpaired) electrons. The molecule has 0 aromatic heterocycles. The third-order valence-corrected chi connectivity index (χ3v) is 6.69. The third-order valence-electron chi connectivity index (χ3n) is 6.47. The molecule has 202 valence electrons. The van der Waals surface area contributed by atoms with Crippen LogP contribution in [0.25, 0.3) is 0 Å². The summed E-state index contributed by atoms with van der Waals surface area (Å²) in [6.07, 6.45) is 1.02. The first kappa shape index (κ1) is 36.6. The van der Waals surface area contributed by atoms with Gasteiger partial charge in [-0.3, -0.25) is 6.54 Å². The molecule has 1 fully saturated rings. The van der Waals surface area contributed by atoms with Crippen molar-refractivity contribution in [2.45, 2.75) is 72.5 Å². The van der Waals surface area contributed by atoms with Gasteiger partial charge in [0.15, 0.2) is 5.11 Å². The van der Waals surface area contributed by atoms with Crippen molar-refractivity contribution in [3.63, 3.8) is 0 Å². The first-order valence-corrected chi connectivity index (χ1v) is 13.6. The van der Waals surface area contributed by atoms with Crippen LogP contribution in [0.15, 0.2) is 24.3 Å². The summed E-state index contributed by atoms with van der Waals surface area (Å²) in [6.45, 7) is 23.3. The molecule has 6 nitrogen and oxygen atoms in total. The number of nitrogens with one attached hydrogen (secondary N) is 2. The van der Waals surface area contributed by atoms with E-state index in [2.05, 4.69) is 117 Å². The fraction of sp³-hybridized carbons (Fsp3) is 0.679. The molecule has 1 saturated heterocycles. The molecular formula is C28H52N6RbS-. The van der Waals surface area contributed by atoms with Crippen LogP contribution in [-0.4, -0.2) is 95.7 Å². The van der Waals surface area contributed by atoms with Crippen molar-refractivity contribution in [3.05, 3.63) is 43.4 Å². The summed E-state index contributed by atoms with van der Waals surface area (Å²) in [7, 11) is 8.81. The van der Waals surface area contributed by atoms with Gasteiger partial charge in [0.2, 0.25) is 0 Å². The minimum atomic E-state index is 0. The fourth-order valence-electron chi connectivity index (χ4n) is 4.22. The zero-order valence-electron chi connectivity index (χ0n) is 24.9. The molecule has 8 heteroatoms. The Morgan fingerprint density at radius 1 is 1.17 bits per heavy atom. The van der Waals surface area contributed by atoms with E-state index >= 15 is 0 Å². The van der Waals surface area contributed by atoms with Gasteiger partial charge in [0, 0.05) is 44.0 Å². The van der Waals surface area contributed by atoms with Crippen molar-refractivity contribution in [2.24, 2.45) is 0 Å². The summed E-state index contributed by atoms with van der Waals surface area (Å²) >= 11 is 5.37. The van der Waals surface area contributed by atoms with Gasteiger partial charge < -0.3 is 37.3 Å². The molecule has 0 amide bonds. The number of hydrogen-bond acceptors (Lipinski definition) is 5. The van der Waals surface area contributed by atoms with Crippen molar-refractivity contribution in [1.29, 1.82) is 0 Å². The van der Waals surface area contributed by atoms with E-state index in [0.717, 1.165) is 51.4 Å². The van der Waals surface area contributed by atoms with Crippen LogP contribution in [0.3, 0.4) is 0 Å². The molecule has 2 N–H and O–H groups in total. The summed E-state index contributed by atoms with van der Waals surface area (Å²) in [4.78, 5) is 9.63. The Labute approximate surface area is 277 Å². The van der Waals surface area contributed by atoms with Gasteiger partial charge in [-0.2, -0.15) is 0 Å². The molecule has 1 aliphatic heterocycles. The molecule has 0 saturated carbocycles. The van der Waals surface area contributed by atoms with Crippen LogP contribution in [0.5, 0.6) is 0 Å². The molecule has 1 heterocycles. The summed E-state index contributed by atoms with van der Waals surface area (Å²) in [6, 6.07) is 9.46. The van der Waals surface area contributed by atoms with E-state index in [1.807, 2.05) is 13.8 Å². The van der Waals surface area contributed by atoms with Gasteiger partial charge in [0.05, 0.1) is 0 Å². The van der Waals surface area contributed by atoms with E-state index in [4.69, 9.17) is 12.2 Å². The van der Waals surface area contributed by atoms with Crippen molar-refractivity contribution < 1.29 is 58.2 Å². The number of thiocarbonyl (C=S) groups is 1. The second-order valence-electron chi connectivity index (χ2n) is 10.3. The summed E-state index contributed by atoms with van der Waals surface area (Å²) in [5.41, 5.74) is 2.38. The van der Waals surface area contributed by atoms with E-state index in [1.165, 1.54) is 5.56 Å². The van der Waals surface area contributed by atoms with E-state index in [9.17, 15) is 0 Å². The Hall–Kier alpha value is 0.555. The summed E-state index contributed by atoms with van der Waals surface area (Å²) < 4.78 is 0. The molecule has 2 rings (SSSR count). The number of likely N-dealkylation sites (N-methyl/N-ethyl adjacent to an activating group) is 3. The molecule has 0 bridgehead atoms. The van der Waals surface area contributed by atoms with Gasteiger partial charge in [-0.05, 0) is 76.4 Å². The van der Waals surface area contributed by atoms with Crippen LogP contribution in [0.1, 0.15) is 54.0 Å². The van der Waals surface area contributed by atoms with Gasteiger partial charge >= 0.3 is 58.2 Å². The number of nitrogens with zero attached hydrogens (tertiary/aromatic N) is 4. The Morgan fingerprint density at radius 2 is 1.78 bits per heavy atom. The summed E-state index contributed by atoms with van der Waals surface area (Å²) in [5.74, 6) is 0. The minimum Gasteiger partial charge on any atom is -0.601 e. The Bertz CT molecular complexity index is 727. The maximum Gasteiger partial charge on any atom is 1.00 e. The fourth-order valence-corrected chi connectivity index (χ4v) is 4.57. The molecular weight excluding hydrogens is 538 g/mol. The first-order chi connectivity index (χ1) is 16.5. The van der Waals surface area contributed by atoms with Gasteiger partial charge in [0.1, 0.15) is 0 Å². The van der Waals surface area contributed by atoms with Gasteiger partial charge in [-0.1, -0.05) is 46.8 Å². The maximum atomic E-state index is 5.37. The minimum absolute atomic E-state index is 0. The van der Waals surface area contributed by atoms with Crippen LogP contribution in [0.4, 0.5) is 5.69 Å². The largest absolute Gasteiger partial charge is 1.00 e. The van der Waals surface area contributed by atoms with Crippen molar-refractivity contribution >= 4 is 23.0 Å². The van der Waals surface area contributed by atoms with Crippen LogP contribution in [0, 0.1) is 13.6 Å². The van der Waals surface area contributed by atoms with Crippen molar-refractivity contribution in [2.75, 3.05) is 58.7 Å². The quantitative estimate of drug-likeness (QED) is 0.399. The predicted molar refractivity (Wildman–Crippen MR) is 158 cm³/mol. The van der Waals surface area contributed by atoms with Gasteiger partial charge in [0.25, 0.3) is 0 Å². The van der Waals surface area contributed by atoms with Crippen molar-refractivity contribution in [1.82, 2.24) is 24.9 Å². The predicted octanol–water partition coefficient (Wildman–Crippen LogP) is 1.56. The van der Waals surface area contributed by atoms with Crippen LogP contribution < -0.4 is 68.8 Å². The van der Waals surface area contributed by atoms with Crippen molar-refractivity contribution in [3.8, 4) is 0 Å². The maximum absolute atomic E-state index is 5.37. The molecule has 1 unspecified atom stereocenters. The number of anilines is 1. The van der Waals surface area contributed by atoms with E-state index in [-0.39, 0.29) is 63.7 Å². The molecule has 0 spiro atoms. The SMILES string of the molecule is CC.[CH2-]N1[CH-]CN(CC)CC(Cc2ccc(NC(=S)NC(C)C)cc2)N(C)CCN(C)CC1(C)C.[Rb+]. The third kappa shape index (κ3) is 13.6. The molecule has 0 aliphatic carbocycles. The van der Waals surface area contributed by atoms with Crippen LogP contribution in [0.2, 0.25) is 0 Å². The first-order valence-electron chi connectivity index (χ1n) is 13.2. The summed E-state index contributed by atoms with van der Waals surface area (Å²) in [5, 5.41) is 7.16. The number of hydrogen-bond donors (Lipinski definition) is 2. The van der Waals surface area contributed by atoms with Crippen LogP contribution >= 0.6 is 12.2 Å². The second-order valence-corrected chi connectivity index (χ2v) is 10.8. The van der Waals surface area contributed by atoms with E-state index < -0.39 is 0 Å². The Balaban J connectivity index is 0.00000398. The van der Waals surface area contributed by atoms with E-state index in [1.54, 1.807) is 0 Å². The normalized spacial score (nSPS) is 20.8. The average Bonchev–Trinajstić information content (AvgIpc) is 2.80. The smallest absolute Gasteiger partial charge is 0.601 e. The average molecular weight is 590 g/mol. The number of rotatable bonds is 5. The van der Waals surface area contributed by atoms with Gasteiger partial charge in [-0.15, -0.1) is 6.54 Å². The monoisotopic (exact) mass is 589 g/mol.